The van der Waals surface area contributed by atoms with Crippen LogP contribution in [0.5, 0.6) is 0 Å². The minimum absolute atomic E-state index is 0.177. The van der Waals surface area contributed by atoms with Gasteiger partial charge in [0.05, 0.1) is 12.0 Å². The first-order chi connectivity index (χ1) is 9.04. The summed E-state index contributed by atoms with van der Waals surface area (Å²) in [6.45, 7) is 0. The Labute approximate surface area is 113 Å². The third kappa shape index (κ3) is 1.74. The van der Waals surface area contributed by atoms with Crippen molar-refractivity contribution < 1.29 is 19.1 Å². The molecule has 0 N–H and O–H groups in total. The number of halogens is 1. The summed E-state index contributed by atoms with van der Waals surface area (Å²) in [6.07, 6.45) is 0.861. The first-order valence-electron chi connectivity index (χ1n) is 5.97. The second-order valence-corrected chi connectivity index (χ2v) is 6.00. The van der Waals surface area contributed by atoms with Crippen LogP contribution in [0.1, 0.15) is 18.4 Å². The lowest BCUT2D eigenvalue weighted by atomic mass is 10.0. The molecule has 0 spiro atoms. The van der Waals surface area contributed by atoms with Gasteiger partial charge >= 0.3 is 0 Å². The number of rotatable bonds is 2. The minimum atomic E-state index is -1.23. The number of carboxylic acid groups (broad SMARTS) is 1. The highest BCUT2D eigenvalue weighted by molar-refractivity contribution is 8.00. The Morgan fingerprint density at radius 2 is 2.11 bits per heavy atom. The molecule has 1 aromatic carbocycles. The molecule has 0 radical (unpaired) electrons. The van der Waals surface area contributed by atoms with Crippen LogP contribution in [0.4, 0.5) is 4.39 Å². The van der Waals surface area contributed by atoms with Crippen LogP contribution in [0, 0.1) is 5.82 Å². The molecule has 2 saturated heterocycles. The van der Waals surface area contributed by atoms with Gasteiger partial charge in [-0.05, 0) is 24.1 Å². The molecule has 2 fully saturated rings. The van der Waals surface area contributed by atoms with E-state index < -0.39 is 16.9 Å². The van der Waals surface area contributed by atoms with E-state index in [-0.39, 0.29) is 11.7 Å². The van der Waals surface area contributed by atoms with Gasteiger partial charge in [-0.1, -0.05) is 12.1 Å². The number of thioether (sulfide) groups is 1. The van der Waals surface area contributed by atoms with Crippen LogP contribution < -0.4 is 5.11 Å². The monoisotopic (exact) mass is 280 g/mol. The molecule has 19 heavy (non-hydrogen) atoms. The largest absolute Gasteiger partial charge is 0.548 e. The number of hydrogen-bond acceptors (Lipinski definition) is 4. The van der Waals surface area contributed by atoms with Crippen molar-refractivity contribution in [3.8, 4) is 0 Å². The Morgan fingerprint density at radius 3 is 2.74 bits per heavy atom. The normalized spacial score (nSPS) is 29.6. The van der Waals surface area contributed by atoms with E-state index in [1.807, 2.05) is 0 Å². The third-order valence-corrected chi connectivity index (χ3v) is 5.29. The van der Waals surface area contributed by atoms with Crippen molar-refractivity contribution in [2.75, 3.05) is 5.75 Å². The van der Waals surface area contributed by atoms with Gasteiger partial charge in [-0.15, -0.1) is 11.8 Å². The second kappa shape index (κ2) is 4.23. The molecule has 2 heterocycles. The van der Waals surface area contributed by atoms with Crippen molar-refractivity contribution in [1.29, 1.82) is 0 Å². The summed E-state index contributed by atoms with van der Waals surface area (Å²) in [6, 6.07) is 5.00. The van der Waals surface area contributed by atoms with Crippen LogP contribution in [-0.2, 0) is 14.5 Å². The highest BCUT2D eigenvalue weighted by Gasteiger charge is 2.55. The van der Waals surface area contributed by atoms with Gasteiger partial charge < -0.3 is 14.8 Å². The van der Waals surface area contributed by atoms with E-state index in [4.69, 9.17) is 0 Å². The maximum atomic E-state index is 13.0. The molecular weight excluding hydrogens is 269 g/mol. The average Bonchev–Trinajstić information content (AvgIpc) is 2.90. The van der Waals surface area contributed by atoms with Gasteiger partial charge in [0, 0.05) is 12.2 Å². The van der Waals surface area contributed by atoms with Gasteiger partial charge in [0.25, 0.3) is 0 Å². The quantitative estimate of drug-likeness (QED) is 0.790. The van der Waals surface area contributed by atoms with Crippen LogP contribution in [-0.4, -0.2) is 28.6 Å². The van der Waals surface area contributed by atoms with Crippen molar-refractivity contribution in [2.45, 2.75) is 23.8 Å². The van der Waals surface area contributed by atoms with E-state index in [1.165, 1.54) is 28.8 Å². The lowest BCUT2D eigenvalue weighted by Gasteiger charge is -2.34. The fourth-order valence-corrected chi connectivity index (χ4v) is 4.46. The van der Waals surface area contributed by atoms with Gasteiger partial charge in [-0.2, -0.15) is 0 Å². The molecule has 0 aliphatic carbocycles. The molecule has 0 unspecified atom stereocenters. The Bertz CT molecular complexity index is 547. The standard InChI is InChI=1S/C13H12FNO3S/c14-9-3-1-8(2-4-9)13-6-5-11(16)15(13)10(7-19-13)12(17)18/h1-4,10H,5-7H2,(H,17,18)/p-1/t10-,13-/m1/s1. The zero-order valence-corrected chi connectivity index (χ0v) is 10.8. The van der Waals surface area contributed by atoms with Gasteiger partial charge in [0.15, 0.2) is 0 Å². The van der Waals surface area contributed by atoms with E-state index in [0.717, 1.165) is 5.56 Å². The molecule has 100 valence electrons. The molecule has 0 bridgehead atoms. The number of hydrogen-bond donors (Lipinski definition) is 0. The highest BCUT2D eigenvalue weighted by atomic mass is 32.2. The summed E-state index contributed by atoms with van der Waals surface area (Å²) in [5.41, 5.74) is 0.772. The fourth-order valence-electron chi connectivity index (χ4n) is 2.83. The van der Waals surface area contributed by atoms with Crippen molar-refractivity contribution in [3.05, 3.63) is 35.6 Å². The number of fused-ring (bicyclic) bond motifs is 1. The van der Waals surface area contributed by atoms with Crippen LogP contribution in [0.15, 0.2) is 24.3 Å². The number of nitrogens with zero attached hydrogens (tertiary/aromatic N) is 1. The number of carbonyl (C=O) groups excluding carboxylic acids is 2. The van der Waals surface area contributed by atoms with E-state index >= 15 is 0 Å². The van der Waals surface area contributed by atoms with Crippen LogP contribution in [0.25, 0.3) is 0 Å². The summed E-state index contributed by atoms with van der Waals surface area (Å²) in [5.74, 6) is -1.45. The number of aliphatic carboxylic acids is 1. The fraction of sp³-hybridized carbons (Fsp3) is 0.385. The topological polar surface area (TPSA) is 60.4 Å². The van der Waals surface area contributed by atoms with E-state index in [2.05, 4.69) is 0 Å². The zero-order valence-electron chi connectivity index (χ0n) is 9.97. The van der Waals surface area contributed by atoms with Crippen LogP contribution >= 0.6 is 11.8 Å². The van der Waals surface area contributed by atoms with Gasteiger partial charge in [-0.3, -0.25) is 4.79 Å². The molecule has 1 amide bonds. The summed E-state index contributed by atoms with van der Waals surface area (Å²) in [7, 11) is 0. The molecule has 2 aliphatic rings. The zero-order chi connectivity index (χ0) is 13.6. The molecule has 1 aromatic rings. The Kier molecular flexibility index (Phi) is 2.78. The molecule has 2 atom stereocenters. The van der Waals surface area contributed by atoms with E-state index in [1.54, 1.807) is 12.1 Å². The predicted octanol–water partition coefficient (Wildman–Crippen LogP) is 0.466. The summed E-state index contributed by atoms with van der Waals surface area (Å²) >= 11 is 1.42. The summed E-state index contributed by atoms with van der Waals surface area (Å²) in [5, 5.41) is 11.1. The van der Waals surface area contributed by atoms with Crippen LogP contribution in [0.2, 0.25) is 0 Å². The molecule has 2 aliphatic heterocycles. The third-order valence-electron chi connectivity index (χ3n) is 3.69. The van der Waals surface area contributed by atoms with E-state index in [9.17, 15) is 19.1 Å². The van der Waals surface area contributed by atoms with Crippen molar-refractivity contribution in [1.82, 2.24) is 4.90 Å². The van der Waals surface area contributed by atoms with E-state index in [0.29, 0.717) is 18.6 Å². The first-order valence-corrected chi connectivity index (χ1v) is 6.96. The Morgan fingerprint density at radius 1 is 1.42 bits per heavy atom. The summed E-state index contributed by atoms with van der Waals surface area (Å²) < 4.78 is 13.0. The maximum Gasteiger partial charge on any atom is 0.224 e. The van der Waals surface area contributed by atoms with Crippen LogP contribution in [0.3, 0.4) is 0 Å². The molecule has 0 aromatic heterocycles. The Hall–Kier alpha value is -1.56. The average molecular weight is 280 g/mol. The molecule has 3 rings (SSSR count). The number of carboxylic acids is 1. The van der Waals surface area contributed by atoms with Gasteiger partial charge in [0.1, 0.15) is 10.7 Å². The predicted molar refractivity (Wildman–Crippen MR) is 65.4 cm³/mol. The molecule has 6 heteroatoms. The molecular formula is C13H11FNO3S-. The smallest absolute Gasteiger partial charge is 0.224 e. The van der Waals surface area contributed by atoms with Gasteiger partial charge in [-0.25, -0.2) is 4.39 Å². The van der Waals surface area contributed by atoms with Gasteiger partial charge in [0.2, 0.25) is 5.91 Å². The van der Waals surface area contributed by atoms with Crippen molar-refractivity contribution in [3.63, 3.8) is 0 Å². The maximum absolute atomic E-state index is 13.0. The summed E-state index contributed by atoms with van der Waals surface area (Å²) in [4.78, 5) is 23.8. The SMILES string of the molecule is O=C([O-])[C@H]1CS[C@@]2(c3ccc(F)cc3)CCC(=O)N12. The number of benzene rings is 1. The highest BCUT2D eigenvalue weighted by Crippen LogP contribution is 2.54. The minimum Gasteiger partial charge on any atom is -0.548 e. The lowest BCUT2D eigenvalue weighted by Crippen LogP contribution is -2.50. The van der Waals surface area contributed by atoms with Crippen molar-refractivity contribution in [2.24, 2.45) is 0 Å². The first kappa shape index (κ1) is 12.5. The number of carbonyl (C=O) groups is 2. The number of amides is 1. The Balaban J connectivity index is 2.05. The van der Waals surface area contributed by atoms with Crippen molar-refractivity contribution >= 4 is 23.6 Å². The lowest BCUT2D eigenvalue weighted by molar-refractivity contribution is -0.310. The molecule has 0 saturated carbocycles. The molecule has 4 nitrogen and oxygen atoms in total. The second-order valence-electron chi connectivity index (χ2n) is 4.70.